The van der Waals surface area contributed by atoms with Gasteiger partial charge in [-0.25, -0.2) is 0 Å². The van der Waals surface area contributed by atoms with Gasteiger partial charge in [0.05, 0.1) is 0 Å². The molecule has 2 aromatic carbocycles. The summed E-state index contributed by atoms with van der Waals surface area (Å²) < 4.78 is 0. The second-order valence-electron chi connectivity index (χ2n) is 5.78. The summed E-state index contributed by atoms with van der Waals surface area (Å²) in [6.45, 7) is 5.01. The van der Waals surface area contributed by atoms with Crippen molar-refractivity contribution < 1.29 is 0 Å². The molecule has 0 atom stereocenters. The van der Waals surface area contributed by atoms with Crippen LogP contribution in [0.25, 0.3) is 0 Å². The molecule has 1 N–H and O–H groups in total. The molecule has 0 heterocycles. The smallest absolute Gasteiger partial charge is 0.0230 e. The molecule has 0 saturated heterocycles. The van der Waals surface area contributed by atoms with Gasteiger partial charge in [-0.05, 0) is 42.8 Å². The first kappa shape index (κ1) is 15.7. The van der Waals surface area contributed by atoms with E-state index in [2.05, 4.69) is 79.8 Å². The lowest BCUT2D eigenvalue weighted by Crippen LogP contribution is -2.17. The van der Waals surface area contributed by atoms with Crippen LogP contribution in [-0.4, -0.2) is 19.0 Å². The number of benzene rings is 2. The van der Waals surface area contributed by atoms with Gasteiger partial charge in [0.15, 0.2) is 0 Å². The molecule has 0 aromatic heterocycles. The fraction of sp³-hybridized carbons (Fsp3) is 0.368. The van der Waals surface area contributed by atoms with Gasteiger partial charge in [0.1, 0.15) is 0 Å². The number of rotatable bonds is 7. The maximum Gasteiger partial charge on any atom is 0.0230 e. The monoisotopic (exact) mass is 282 g/mol. The van der Waals surface area contributed by atoms with Crippen molar-refractivity contribution in [3.63, 3.8) is 0 Å². The van der Waals surface area contributed by atoms with Crippen molar-refractivity contribution in [1.29, 1.82) is 0 Å². The van der Waals surface area contributed by atoms with Crippen LogP contribution in [0.2, 0.25) is 0 Å². The predicted molar refractivity (Wildman–Crippen MR) is 90.2 cm³/mol. The van der Waals surface area contributed by atoms with E-state index in [4.69, 9.17) is 0 Å². The molecule has 0 bridgehead atoms. The minimum absolute atomic E-state index is 0.916. The molecule has 0 fully saturated rings. The summed E-state index contributed by atoms with van der Waals surface area (Å²) in [7, 11) is 4.22. The second-order valence-corrected chi connectivity index (χ2v) is 5.78. The first-order valence-electron chi connectivity index (χ1n) is 7.69. The van der Waals surface area contributed by atoms with E-state index in [1.54, 1.807) is 0 Å². The average molecular weight is 282 g/mol. The van der Waals surface area contributed by atoms with Crippen LogP contribution >= 0.6 is 0 Å². The van der Waals surface area contributed by atoms with Crippen molar-refractivity contribution >= 4 is 0 Å². The Hall–Kier alpha value is -1.64. The molecule has 0 aliphatic rings. The summed E-state index contributed by atoms with van der Waals surface area (Å²) in [5, 5.41) is 3.55. The zero-order valence-electron chi connectivity index (χ0n) is 13.4. The summed E-state index contributed by atoms with van der Waals surface area (Å²) in [6.07, 6.45) is 1.10. The van der Waals surface area contributed by atoms with Crippen LogP contribution in [0.3, 0.4) is 0 Å². The average Bonchev–Trinajstić information content (AvgIpc) is 2.49. The van der Waals surface area contributed by atoms with Crippen molar-refractivity contribution in [2.24, 2.45) is 0 Å². The summed E-state index contributed by atoms with van der Waals surface area (Å²) in [5.74, 6) is 0. The van der Waals surface area contributed by atoms with Crippen LogP contribution in [0.5, 0.6) is 0 Å². The van der Waals surface area contributed by atoms with Gasteiger partial charge in [-0.3, -0.25) is 0 Å². The van der Waals surface area contributed by atoms with Gasteiger partial charge < -0.3 is 10.2 Å². The molecule has 2 nitrogen and oxygen atoms in total. The van der Waals surface area contributed by atoms with Crippen LogP contribution in [0, 0.1) is 0 Å². The lowest BCUT2D eigenvalue weighted by molar-refractivity contribution is 0.400. The Morgan fingerprint density at radius 2 is 1.43 bits per heavy atom. The highest BCUT2D eigenvalue weighted by Gasteiger charge is 2.02. The number of nitrogens with zero attached hydrogens (tertiary/aromatic N) is 1. The van der Waals surface area contributed by atoms with E-state index < -0.39 is 0 Å². The summed E-state index contributed by atoms with van der Waals surface area (Å²) in [6, 6.07) is 17.5. The number of hydrogen-bond acceptors (Lipinski definition) is 2. The molecule has 0 radical (unpaired) electrons. The zero-order valence-corrected chi connectivity index (χ0v) is 13.4. The molecule has 0 unspecified atom stereocenters. The van der Waals surface area contributed by atoms with Gasteiger partial charge >= 0.3 is 0 Å². The van der Waals surface area contributed by atoms with Crippen LogP contribution in [-0.2, 0) is 26.1 Å². The predicted octanol–water partition coefficient (Wildman–Crippen LogP) is 3.60. The number of aryl methyl sites for hydroxylation is 1. The third kappa shape index (κ3) is 5.00. The Bertz CT molecular complexity index is 544. The van der Waals surface area contributed by atoms with Gasteiger partial charge in [0.25, 0.3) is 0 Å². The first-order chi connectivity index (χ1) is 10.2. The quantitative estimate of drug-likeness (QED) is 0.834. The summed E-state index contributed by atoms with van der Waals surface area (Å²) in [5.41, 5.74) is 5.53. The van der Waals surface area contributed by atoms with E-state index in [-0.39, 0.29) is 0 Å². The molecule has 0 aliphatic carbocycles. The summed E-state index contributed by atoms with van der Waals surface area (Å²) >= 11 is 0. The van der Waals surface area contributed by atoms with Crippen molar-refractivity contribution in [2.45, 2.75) is 33.0 Å². The maximum absolute atomic E-state index is 3.55. The molecule has 2 heteroatoms. The van der Waals surface area contributed by atoms with Crippen LogP contribution < -0.4 is 5.32 Å². The first-order valence-corrected chi connectivity index (χ1v) is 7.69. The highest BCUT2D eigenvalue weighted by atomic mass is 15.0. The third-order valence-corrected chi connectivity index (χ3v) is 3.68. The van der Waals surface area contributed by atoms with E-state index in [1.807, 2.05) is 0 Å². The SMILES string of the molecule is CCc1ccc(CNCc2ccccc2CN(C)C)cc1. The summed E-state index contributed by atoms with van der Waals surface area (Å²) in [4.78, 5) is 2.21. The topological polar surface area (TPSA) is 15.3 Å². The molecule has 0 saturated carbocycles. The van der Waals surface area contributed by atoms with E-state index >= 15 is 0 Å². The molecule has 0 aliphatic heterocycles. The Balaban J connectivity index is 1.90. The van der Waals surface area contributed by atoms with E-state index in [0.29, 0.717) is 0 Å². The zero-order chi connectivity index (χ0) is 15.1. The highest BCUT2D eigenvalue weighted by molar-refractivity contribution is 5.27. The molecular formula is C19H26N2. The number of nitrogens with one attached hydrogen (secondary N) is 1. The van der Waals surface area contributed by atoms with Gasteiger partial charge in [-0.15, -0.1) is 0 Å². The fourth-order valence-corrected chi connectivity index (χ4v) is 2.46. The largest absolute Gasteiger partial charge is 0.309 e. The van der Waals surface area contributed by atoms with E-state index in [1.165, 1.54) is 22.3 Å². The third-order valence-electron chi connectivity index (χ3n) is 3.68. The van der Waals surface area contributed by atoms with Crippen molar-refractivity contribution in [1.82, 2.24) is 10.2 Å². The second kappa shape index (κ2) is 7.96. The Kier molecular flexibility index (Phi) is 5.97. The lowest BCUT2D eigenvalue weighted by Gasteiger charge is -2.14. The molecular weight excluding hydrogens is 256 g/mol. The van der Waals surface area contributed by atoms with Crippen LogP contribution in [0.4, 0.5) is 0 Å². The van der Waals surface area contributed by atoms with E-state index in [9.17, 15) is 0 Å². The lowest BCUT2D eigenvalue weighted by atomic mass is 10.1. The molecule has 21 heavy (non-hydrogen) atoms. The van der Waals surface area contributed by atoms with Crippen LogP contribution in [0.1, 0.15) is 29.2 Å². The van der Waals surface area contributed by atoms with Gasteiger partial charge in [0.2, 0.25) is 0 Å². The highest BCUT2D eigenvalue weighted by Crippen LogP contribution is 2.11. The molecule has 2 aromatic rings. The molecule has 2 rings (SSSR count). The fourth-order valence-electron chi connectivity index (χ4n) is 2.46. The van der Waals surface area contributed by atoms with Crippen molar-refractivity contribution in [3.05, 3.63) is 70.8 Å². The van der Waals surface area contributed by atoms with Gasteiger partial charge in [-0.1, -0.05) is 55.5 Å². The molecule has 0 spiro atoms. The molecule has 0 amide bonds. The van der Waals surface area contributed by atoms with E-state index in [0.717, 1.165) is 26.1 Å². The van der Waals surface area contributed by atoms with Crippen LogP contribution in [0.15, 0.2) is 48.5 Å². The number of hydrogen-bond donors (Lipinski definition) is 1. The minimum Gasteiger partial charge on any atom is -0.309 e. The Morgan fingerprint density at radius 3 is 2.05 bits per heavy atom. The van der Waals surface area contributed by atoms with Crippen molar-refractivity contribution in [2.75, 3.05) is 14.1 Å². The Morgan fingerprint density at radius 1 is 0.810 bits per heavy atom. The molecule has 112 valence electrons. The van der Waals surface area contributed by atoms with Crippen molar-refractivity contribution in [3.8, 4) is 0 Å². The van der Waals surface area contributed by atoms with Gasteiger partial charge in [0, 0.05) is 19.6 Å². The normalized spacial score (nSPS) is 11.0. The Labute approximate surface area is 128 Å². The standard InChI is InChI=1S/C19H26N2/c1-4-16-9-11-17(12-10-16)13-20-14-18-7-5-6-8-19(18)15-21(2)3/h5-12,20H,4,13-15H2,1-3H3. The maximum atomic E-state index is 3.55. The minimum atomic E-state index is 0.916. The van der Waals surface area contributed by atoms with Gasteiger partial charge in [-0.2, -0.15) is 0 Å².